The Labute approximate surface area is 124 Å². The van der Waals surface area contributed by atoms with Gasteiger partial charge in [0, 0.05) is 35.4 Å². The van der Waals surface area contributed by atoms with E-state index in [9.17, 15) is 0 Å². The second-order valence-corrected chi connectivity index (χ2v) is 5.99. The molecule has 0 amide bonds. The Morgan fingerprint density at radius 3 is 3.10 bits per heavy atom. The molecule has 0 fully saturated rings. The molecule has 1 aliphatic rings. The van der Waals surface area contributed by atoms with E-state index < -0.39 is 0 Å². The van der Waals surface area contributed by atoms with Gasteiger partial charge in [0.25, 0.3) is 0 Å². The van der Waals surface area contributed by atoms with Crippen LogP contribution in [0.1, 0.15) is 48.7 Å². The van der Waals surface area contributed by atoms with Crippen LogP contribution in [-0.2, 0) is 13.5 Å². The zero-order valence-electron chi connectivity index (χ0n) is 11.9. The fourth-order valence-electron chi connectivity index (χ4n) is 3.05. The van der Waals surface area contributed by atoms with Crippen LogP contribution in [-0.4, -0.2) is 9.78 Å². The minimum Gasteiger partial charge on any atom is -0.303 e. The Bertz CT molecular complexity index is 606. The number of hydrogen-bond donors (Lipinski definition) is 1. The maximum Gasteiger partial charge on any atom is 0.0540 e. The molecule has 3 rings (SSSR count). The van der Waals surface area contributed by atoms with Crippen LogP contribution < -0.4 is 5.32 Å². The monoisotopic (exact) mass is 289 g/mol. The zero-order chi connectivity index (χ0) is 14.1. The van der Waals surface area contributed by atoms with Crippen molar-refractivity contribution in [3.8, 4) is 0 Å². The van der Waals surface area contributed by atoms with Crippen LogP contribution in [0.25, 0.3) is 0 Å². The van der Waals surface area contributed by atoms with Crippen LogP contribution in [0, 0.1) is 0 Å². The largest absolute Gasteiger partial charge is 0.303 e. The van der Waals surface area contributed by atoms with Crippen molar-refractivity contribution in [1.82, 2.24) is 15.1 Å². The number of nitrogens with zero attached hydrogens (tertiary/aromatic N) is 2. The van der Waals surface area contributed by atoms with E-state index in [4.69, 9.17) is 11.6 Å². The van der Waals surface area contributed by atoms with Gasteiger partial charge in [-0.05, 0) is 43.9 Å². The summed E-state index contributed by atoms with van der Waals surface area (Å²) in [6.45, 7) is 2.19. The van der Waals surface area contributed by atoms with Gasteiger partial charge in [0.1, 0.15) is 0 Å². The Balaban J connectivity index is 1.78. The molecule has 1 aromatic carbocycles. The number of fused-ring (bicyclic) bond motifs is 1. The summed E-state index contributed by atoms with van der Waals surface area (Å²) in [7, 11) is 2.03. The quantitative estimate of drug-likeness (QED) is 0.931. The maximum absolute atomic E-state index is 6.07. The molecule has 0 radical (unpaired) electrons. The first-order chi connectivity index (χ1) is 9.65. The Morgan fingerprint density at radius 2 is 2.30 bits per heavy atom. The van der Waals surface area contributed by atoms with Gasteiger partial charge in [0.2, 0.25) is 0 Å². The van der Waals surface area contributed by atoms with E-state index >= 15 is 0 Å². The predicted octanol–water partition coefficient (Wildman–Crippen LogP) is 3.80. The molecule has 1 heterocycles. The molecule has 0 saturated carbocycles. The molecule has 2 atom stereocenters. The molecule has 20 heavy (non-hydrogen) atoms. The molecule has 1 aliphatic carbocycles. The van der Waals surface area contributed by atoms with Crippen molar-refractivity contribution in [1.29, 1.82) is 0 Å². The lowest BCUT2D eigenvalue weighted by Gasteiger charge is -2.27. The SMILES string of the molecule is C[C@@H](NC1CCCc2c1cnn2C)c1cccc(Cl)c1. The van der Waals surface area contributed by atoms with Gasteiger partial charge in [-0.2, -0.15) is 5.10 Å². The lowest BCUT2D eigenvalue weighted by Crippen LogP contribution is -2.27. The highest BCUT2D eigenvalue weighted by atomic mass is 35.5. The number of aryl methyl sites for hydroxylation is 1. The molecular formula is C16H20ClN3. The number of hydrogen-bond acceptors (Lipinski definition) is 2. The Hall–Kier alpha value is -1.32. The molecule has 1 unspecified atom stereocenters. The van der Waals surface area contributed by atoms with E-state index in [2.05, 4.69) is 23.4 Å². The first kappa shape index (κ1) is 13.7. The van der Waals surface area contributed by atoms with Crippen LogP contribution in [0.3, 0.4) is 0 Å². The minimum atomic E-state index is 0.282. The number of halogens is 1. The topological polar surface area (TPSA) is 29.9 Å². The summed E-state index contributed by atoms with van der Waals surface area (Å²) in [5.74, 6) is 0. The lowest BCUT2D eigenvalue weighted by atomic mass is 9.92. The smallest absolute Gasteiger partial charge is 0.0540 e. The van der Waals surface area contributed by atoms with Gasteiger partial charge in [-0.15, -0.1) is 0 Å². The van der Waals surface area contributed by atoms with Gasteiger partial charge in [-0.1, -0.05) is 23.7 Å². The van der Waals surface area contributed by atoms with Gasteiger partial charge in [-0.25, -0.2) is 0 Å². The number of benzene rings is 1. The highest BCUT2D eigenvalue weighted by molar-refractivity contribution is 6.30. The van der Waals surface area contributed by atoms with Gasteiger partial charge in [0.15, 0.2) is 0 Å². The van der Waals surface area contributed by atoms with Gasteiger partial charge < -0.3 is 5.32 Å². The summed E-state index contributed by atoms with van der Waals surface area (Å²) in [6, 6.07) is 8.75. The first-order valence-corrected chi connectivity index (χ1v) is 7.55. The van der Waals surface area contributed by atoms with E-state index in [0.29, 0.717) is 6.04 Å². The number of nitrogens with one attached hydrogen (secondary N) is 1. The summed E-state index contributed by atoms with van der Waals surface area (Å²) < 4.78 is 2.01. The van der Waals surface area contributed by atoms with Crippen LogP contribution in [0.5, 0.6) is 0 Å². The fraction of sp³-hybridized carbons (Fsp3) is 0.438. The van der Waals surface area contributed by atoms with E-state index in [1.54, 1.807) is 0 Å². The normalized spacial score (nSPS) is 19.6. The van der Waals surface area contributed by atoms with E-state index in [-0.39, 0.29) is 6.04 Å². The molecule has 0 saturated heterocycles. The minimum absolute atomic E-state index is 0.282. The van der Waals surface area contributed by atoms with Gasteiger partial charge >= 0.3 is 0 Å². The number of aromatic nitrogens is 2. The molecule has 0 bridgehead atoms. The average molecular weight is 290 g/mol. The third kappa shape index (κ3) is 2.60. The van der Waals surface area contributed by atoms with Crippen LogP contribution in [0.2, 0.25) is 5.02 Å². The standard InChI is InChI=1S/C16H20ClN3/c1-11(12-5-3-6-13(17)9-12)19-15-7-4-8-16-14(15)10-18-20(16)2/h3,5-6,9-11,15,19H,4,7-8H2,1-2H3/t11-,15?/m1/s1. The summed E-state index contributed by atoms with van der Waals surface area (Å²) in [4.78, 5) is 0. The van der Waals surface area contributed by atoms with Crippen molar-refractivity contribution in [3.63, 3.8) is 0 Å². The summed E-state index contributed by atoms with van der Waals surface area (Å²) in [5.41, 5.74) is 3.95. The van der Waals surface area contributed by atoms with Crippen molar-refractivity contribution >= 4 is 11.6 Å². The maximum atomic E-state index is 6.07. The van der Waals surface area contributed by atoms with Crippen molar-refractivity contribution in [2.24, 2.45) is 7.05 Å². The summed E-state index contributed by atoms with van der Waals surface area (Å²) in [5, 5.41) is 8.91. The summed E-state index contributed by atoms with van der Waals surface area (Å²) >= 11 is 6.07. The van der Waals surface area contributed by atoms with E-state index in [1.807, 2.05) is 36.1 Å². The third-order valence-electron chi connectivity index (χ3n) is 4.18. The van der Waals surface area contributed by atoms with Gasteiger partial charge in [-0.3, -0.25) is 4.68 Å². The molecular weight excluding hydrogens is 270 g/mol. The fourth-order valence-corrected chi connectivity index (χ4v) is 3.25. The van der Waals surface area contributed by atoms with Crippen LogP contribution >= 0.6 is 11.6 Å². The second kappa shape index (κ2) is 5.58. The number of rotatable bonds is 3. The molecule has 4 heteroatoms. The highest BCUT2D eigenvalue weighted by Gasteiger charge is 2.24. The second-order valence-electron chi connectivity index (χ2n) is 5.56. The van der Waals surface area contributed by atoms with E-state index in [1.165, 1.54) is 29.7 Å². The molecule has 1 N–H and O–H groups in total. The summed E-state index contributed by atoms with van der Waals surface area (Å²) in [6.07, 6.45) is 5.53. The molecule has 3 nitrogen and oxygen atoms in total. The van der Waals surface area contributed by atoms with Crippen molar-refractivity contribution in [2.75, 3.05) is 0 Å². The van der Waals surface area contributed by atoms with Crippen molar-refractivity contribution in [3.05, 3.63) is 52.3 Å². The van der Waals surface area contributed by atoms with Crippen LogP contribution in [0.4, 0.5) is 0 Å². The average Bonchev–Trinajstić information content (AvgIpc) is 2.82. The Morgan fingerprint density at radius 1 is 1.45 bits per heavy atom. The molecule has 2 aromatic rings. The molecule has 0 spiro atoms. The van der Waals surface area contributed by atoms with Crippen molar-refractivity contribution < 1.29 is 0 Å². The first-order valence-electron chi connectivity index (χ1n) is 7.17. The van der Waals surface area contributed by atoms with Crippen LogP contribution in [0.15, 0.2) is 30.5 Å². The Kier molecular flexibility index (Phi) is 3.81. The predicted molar refractivity (Wildman–Crippen MR) is 81.9 cm³/mol. The van der Waals surface area contributed by atoms with Crippen molar-refractivity contribution in [2.45, 2.75) is 38.3 Å². The van der Waals surface area contributed by atoms with E-state index in [0.717, 1.165) is 11.4 Å². The zero-order valence-corrected chi connectivity index (χ0v) is 12.7. The highest BCUT2D eigenvalue weighted by Crippen LogP contribution is 2.31. The third-order valence-corrected chi connectivity index (χ3v) is 4.41. The molecule has 0 aliphatic heterocycles. The van der Waals surface area contributed by atoms with Gasteiger partial charge in [0.05, 0.1) is 6.20 Å². The lowest BCUT2D eigenvalue weighted by molar-refractivity contribution is 0.411. The molecule has 1 aromatic heterocycles. The molecule has 106 valence electrons.